The number of likely N-dealkylation sites (tertiary alicyclic amines) is 1. The third-order valence-electron chi connectivity index (χ3n) is 4.62. The van der Waals surface area contributed by atoms with E-state index in [-0.39, 0.29) is 5.75 Å². The molecule has 2 fully saturated rings. The first-order chi connectivity index (χ1) is 11.2. The largest absolute Gasteiger partial charge is 0.493 e. The van der Waals surface area contributed by atoms with E-state index in [0.717, 1.165) is 19.1 Å². The highest BCUT2D eigenvalue weighted by Crippen LogP contribution is 2.33. The lowest BCUT2D eigenvalue weighted by Gasteiger charge is -2.17. The minimum atomic E-state index is -2.85. The first-order valence-electron chi connectivity index (χ1n) is 8.23. The molecule has 0 aromatic heterocycles. The quantitative estimate of drug-likeness (QED) is 0.796. The zero-order valence-corrected chi connectivity index (χ0v) is 13.4. The van der Waals surface area contributed by atoms with Gasteiger partial charge in [0.25, 0.3) is 0 Å². The van der Waals surface area contributed by atoms with Gasteiger partial charge in [0, 0.05) is 24.7 Å². The molecule has 4 nitrogen and oxygen atoms in total. The van der Waals surface area contributed by atoms with Gasteiger partial charge in [-0.3, -0.25) is 0 Å². The summed E-state index contributed by atoms with van der Waals surface area (Å²) in [5, 5.41) is 3.38. The molecule has 1 saturated heterocycles. The van der Waals surface area contributed by atoms with Crippen LogP contribution in [0.2, 0.25) is 0 Å². The van der Waals surface area contributed by atoms with Crippen molar-refractivity contribution in [1.82, 2.24) is 10.2 Å². The van der Waals surface area contributed by atoms with Crippen molar-refractivity contribution in [2.45, 2.75) is 38.5 Å². The Morgan fingerprint density at radius 1 is 1.30 bits per heavy atom. The van der Waals surface area contributed by atoms with E-state index in [0.29, 0.717) is 23.8 Å². The van der Waals surface area contributed by atoms with Crippen molar-refractivity contribution < 1.29 is 18.3 Å². The third-order valence-corrected chi connectivity index (χ3v) is 4.62. The van der Waals surface area contributed by atoms with Crippen LogP contribution in [0.1, 0.15) is 24.8 Å². The minimum Gasteiger partial charge on any atom is -0.493 e. The van der Waals surface area contributed by atoms with Gasteiger partial charge in [-0.05, 0) is 44.3 Å². The van der Waals surface area contributed by atoms with Crippen molar-refractivity contribution in [2.75, 3.05) is 26.7 Å². The van der Waals surface area contributed by atoms with Gasteiger partial charge in [-0.15, -0.1) is 0 Å². The maximum absolute atomic E-state index is 12.6. The predicted molar refractivity (Wildman–Crippen MR) is 84.0 cm³/mol. The average molecular weight is 326 g/mol. The Hall–Kier alpha value is -1.40. The summed E-state index contributed by atoms with van der Waals surface area (Å²) in [5.41, 5.74) is 0.696. The van der Waals surface area contributed by atoms with Crippen molar-refractivity contribution in [3.05, 3.63) is 23.8 Å². The summed E-state index contributed by atoms with van der Waals surface area (Å²) >= 11 is 0. The van der Waals surface area contributed by atoms with Gasteiger partial charge < -0.3 is 19.7 Å². The van der Waals surface area contributed by atoms with Crippen molar-refractivity contribution in [1.29, 1.82) is 0 Å². The molecule has 23 heavy (non-hydrogen) atoms. The molecule has 0 amide bonds. The number of benzene rings is 1. The van der Waals surface area contributed by atoms with Crippen LogP contribution < -0.4 is 14.8 Å². The smallest absolute Gasteiger partial charge is 0.387 e. The fraction of sp³-hybridized carbons (Fsp3) is 0.647. The molecule has 0 spiro atoms. The number of para-hydroxylation sites is 1. The summed E-state index contributed by atoms with van der Waals surface area (Å²) in [7, 11) is 1.45. The molecule has 1 unspecified atom stereocenters. The first kappa shape index (κ1) is 16.5. The van der Waals surface area contributed by atoms with Crippen molar-refractivity contribution in [3.63, 3.8) is 0 Å². The Morgan fingerprint density at radius 2 is 2.13 bits per heavy atom. The fourth-order valence-corrected chi connectivity index (χ4v) is 3.30. The standard InChI is InChI=1S/C17H24F2N2O2/c1-22-15-4-2-3-13(16(15)23-17(18)19)10-20-9-12-7-8-21(11-12)14-5-6-14/h2-4,12,14,17,20H,5-11H2,1H3. The van der Waals surface area contributed by atoms with Crippen LogP contribution in [0.25, 0.3) is 0 Å². The number of hydrogen-bond acceptors (Lipinski definition) is 4. The van der Waals surface area contributed by atoms with Gasteiger partial charge in [-0.25, -0.2) is 0 Å². The molecular weight excluding hydrogens is 302 g/mol. The summed E-state index contributed by atoms with van der Waals surface area (Å²) in [4.78, 5) is 2.57. The topological polar surface area (TPSA) is 33.7 Å². The highest BCUT2D eigenvalue weighted by atomic mass is 19.3. The van der Waals surface area contributed by atoms with Gasteiger partial charge in [0.2, 0.25) is 0 Å². The van der Waals surface area contributed by atoms with Crippen LogP contribution in [0.15, 0.2) is 18.2 Å². The van der Waals surface area contributed by atoms with Crippen molar-refractivity contribution in [2.24, 2.45) is 5.92 Å². The number of rotatable bonds is 8. The molecule has 1 aliphatic heterocycles. The van der Waals surface area contributed by atoms with Gasteiger partial charge in [0.05, 0.1) is 7.11 Å². The van der Waals surface area contributed by atoms with Crippen LogP contribution >= 0.6 is 0 Å². The van der Waals surface area contributed by atoms with E-state index < -0.39 is 6.61 Å². The number of methoxy groups -OCH3 is 1. The summed E-state index contributed by atoms with van der Waals surface area (Å²) < 4.78 is 35.0. The van der Waals surface area contributed by atoms with E-state index >= 15 is 0 Å². The lowest BCUT2D eigenvalue weighted by molar-refractivity contribution is -0.0518. The lowest BCUT2D eigenvalue weighted by atomic mass is 10.1. The number of alkyl halides is 2. The Bertz CT molecular complexity index is 523. The van der Waals surface area contributed by atoms with E-state index in [9.17, 15) is 8.78 Å². The molecule has 0 bridgehead atoms. The van der Waals surface area contributed by atoms with E-state index in [1.807, 2.05) is 0 Å². The Labute approximate surface area is 135 Å². The van der Waals surface area contributed by atoms with Gasteiger partial charge in [-0.1, -0.05) is 12.1 Å². The van der Waals surface area contributed by atoms with Crippen LogP contribution in [-0.2, 0) is 6.54 Å². The molecule has 6 heteroatoms. The number of ether oxygens (including phenoxy) is 2. The molecule has 1 aromatic rings. The maximum Gasteiger partial charge on any atom is 0.387 e. The number of hydrogen-bond donors (Lipinski definition) is 1. The maximum atomic E-state index is 12.6. The number of halogens is 2. The average Bonchev–Trinajstić information content (AvgIpc) is 3.28. The zero-order chi connectivity index (χ0) is 16.2. The van der Waals surface area contributed by atoms with E-state index in [4.69, 9.17) is 4.74 Å². The molecule has 1 saturated carbocycles. The molecule has 2 aliphatic rings. The molecule has 1 atom stereocenters. The minimum absolute atomic E-state index is 0.128. The molecule has 128 valence electrons. The van der Waals surface area contributed by atoms with E-state index in [1.165, 1.54) is 32.9 Å². The van der Waals surface area contributed by atoms with Gasteiger partial charge in [-0.2, -0.15) is 8.78 Å². The van der Waals surface area contributed by atoms with E-state index in [1.54, 1.807) is 18.2 Å². The number of nitrogens with zero attached hydrogens (tertiary/aromatic N) is 1. The Kier molecular flexibility index (Phi) is 5.33. The van der Waals surface area contributed by atoms with Gasteiger partial charge in [0.1, 0.15) is 0 Å². The van der Waals surface area contributed by atoms with Gasteiger partial charge >= 0.3 is 6.61 Å². The molecule has 0 radical (unpaired) electrons. The zero-order valence-electron chi connectivity index (χ0n) is 13.4. The van der Waals surface area contributed by atoms with Crippen LogP contribution in [0.5, 0.6) is 11.5 Å². The van der Waals surface area contributed by atoms with Crippen LogP contribution in [0.3, 0.4) is 0 Å². The summed E-state index contributed by atoms with van der Waals surface area (Å²) in [6.45, 7) is 0.881. The van der Waals surface area contributed by atoms with Gasteiger partial charge in [0.15, 0.2) is 11.5 Å². The highest BCUT2D eigenvalue weighted by Gasteiger charge is 2.34. The van der Waals surface area contributed by atoms with Crippen molar-refractivity contribution in [3.8, 4) is 11.5 Å². The summed E-state index contributed by atoms with van der Waals surface area (Å²) in [6.07, 6.45) is 3.90. The third kappa shape index (κ3) is 4.32. The van der Waals surface area contributed by atoms with Crippen LogP contribution in [0, 0.1) is 5.92 Å². The Balaban J connectivity index is 1.53. The molecule has 1 N–H and O–H groups in total. The van der Waals surface area contributed by atoms with Crippen LogP contribution in [0.4, 0.5) is 8.78 Å². The lowest BCUT2D eigenvalue weighted by Crippen LogP contribution is -2.27. The molecule has 3 rings (SSSR count). The monoisotopic (exact) mass is 326 g/mol. The summed E-state index contributed by atoms with van der Waals surface area (Å²) in [6, 6.07) is 6.03. The molecular formula is C17H24F2N2O2. The molecule has 1 aromatic carbocycles. The SMILES string of the molecule is COc1cccc(CNCC2CCN(C3CC3)C2)c1OC(F)F. The summed E-state index contributed by atoms with van der Waals surface area (Å²) in [5.74, 6) is 1.11. The normalized spacial score (nSPS) is 21.8. The second kappa shape index (κ2) is 7.45. The fourth-order valence-electron chi connectivity index (χ4n) is 3.30. The molecule has 1 heterocycles. The van der Waals surface area contributed by atoms with Crippen LogP contribution in [-0.4, -0.2) is 44.3 Å². The predicted octanol–water partition coefficient (Wildman–Crippen LogP) is 2.87. The first-order valence-corrected chi connectivity index (χ1v) is 8.23. The van der Waals surface area contributed by atoms with E-state index in [2.05, 4.69) is 15.0 Å². The number of nitrogens with one attached hydrogen (secondary N) is 1. The van der Waals surface area contributed by atoms with Crippen molar-refractivity contribution >= 4 is 0 Å². The Morgan fingerprint density at radius 3 is 2.83 bits per heavy atom. The second-order valence-corrected chi connectivity index (χ2v) is 6.34. The highest BCUT2D eigenvalue weighted by molar-refractivity contribution is 5.46. The molecule has 1 aliphatic carbocycles. The second-order valence-electron chi connectivity index (χ2n) is 6.34.